The minimum Gasteiger partial charge on any atom is -0.325 e. The Kier molecular flexibility index (Phi) is 4.63. The fourth-order valence-corrected chi connectivity index (χ4v) is 4.24. The molecule has 4 heteroatoms. The van der Waals surface area contributed by atoms with E-state index in [0.29, 0.717) is 11.7 Å². The lowest BCUT2D eigenvalue weighted by atomic mass is 10.1. The van der Waals surface area contributed by atoms with E-state index in [1.54, 1.807) is 11.8 Å². The topological polar surface area (TPSA) is 23.6 Å². The number of likely N-dealkylation sites (tertiary alicyclic amines) is 1. The molecule has 2 saturated heterocycles. The van der Waals surface area contributed by atoms with Gasteiger partial charge in [0.1, 0.15) is 5.37 Å². The second kappa shape index (κ2) is 6.64. The summed E-state index contributed by atoms with van der Waals surface area (Å²) in [6.45, 7) is 4.29. The molecule has 2 aliphatic heterocycles. The number of piperidine rings is 1. The van der Waals surface area contributed by atoms with Crippen molar-refractivity contribution in [1.82, 2.24) is 9.80 Å². The van der Waals surface area contributed by atoms with E-state index < -0.39 is 0 Å². The van der Waals surface area contributed by atoms with Crippen molar-refractivity contribution in [1.29, 1.82) is 0 Å². The Morgan fingerprint density at radius 3 is 2.55 bits per heavy atom. The Bertz CT molecular complexity index is 445. The number of carbonyl (C=O) groups excluding carboxylic acids is 1. The molecule has 2 heterocycles. The largest absolute Gasteiger partial charge is 0.325 e. The summed E-state index contributed by atoms with van der Waals surface area (Å²) in [5, 5.41) is 0.216. The molecule has 108 valence electrons. The zero-order valence-electron chi connectivity index (χ0n) is 11.8. The van der Waals surface area contributed by atoms with Gasteiger partial charge in [-0.25, -0.2) is 0 Å². The number of amides is 1. The van der Waals surface area contributed by atoms with Gasteiger partial charge in [-0.2, -0.15) is 0 Å². The van der Waals surface area contributed by atoms with Crippen molar-refractivity contribution >= 4 is 17.7 Å². The van der Waals surface area contributed by atoms with Crippen LogP contribution in [-0.2, 0) is 4.79 Å². The zero-order valence-corrected chi connectivity index (χ0v) is 12.6. The Hall–Kier alpha value is -1.00. The third-order valence-electron chi connectivity index (χ3n) is 4.16. The Morgan fingerprint density at radius 2 is 1.80 bits per heavy atom. The maximum atomic E-state index is 12.1. The van der Waals surface area contributed by atoms with E-state index in [-0.39, 0.29) is 5.37 Å². The number of nitrogens with zero attached hydrogens (tertiary/aromatic N) is 2. The van der Waals surface area contributed by atoms with Gasteiger partial charge in [-0.05, 0) is 31.5 Å². The van der Waals surface area contributed by atoms with Gasteiger partial charge >= 0.3 is 0 Å². The molecule has 20 heavy (non-hydrogen) atoms. The van der Waals surface area contributed by atoms with Crippen LogP contribution >= 0.6 is 11.8 Å². The van der Waals surface area contributed by atoms with E-state index >= 15 is 0 Å². The first-order valence-electron chi connectivity index (χ1n) is 7.53. The Balaban J connectivity index is 1.62. The second-order valence-corrected chi connectivity index (χ2v) is 6.63. The molecule has 0 saturated carbocycles. The Morgan fingerprint density at radius 1 is 1.05 bits per heavy atom. The lowest BCUT2D eigenvalue weighted by molar-refractivity contribution is -0.128. The normalized spacial score (nSPS) is 24.3. The molecule has 3 rings (SSSR count). The predicted molar refractivity (Wildman–Crippen MR) is 83.6 cm³/mol. The summed E-state index contributed by atoms with van der Waals surface area (Å²) in [7, 11) is 0. The van der Waals surface area contributed by atoms with Gasteiger partial charge in [0.2, 0.25) is 5.91 Å². The number of hydrogen-bond acceptors (Lipinski definition) is 3. The SMILES string of the molecule is O=C1CSC(c2ccccc2)N1CCN1CCCCC1. The van der Waals surface area contributed by atoms with E-state index in [1.807, 2.05) is 6.07 Å². The van der Waals surface area contributed by atoms with Crippen molar-refractivity contribution in [2.45, 2.75) is 24.6 Å². The highest BCUT2D eigenvalue weighted by atomic mass is 32.2. The highest BCUT2D eigenvalue weighted by Gasteiger charge is 2.32. The van der Waals surface area contributed by atoms with Crippen molar-refractivity contribution < 1.29 is 4.79 Å². The average Bonchev–Trinajstić information content (AvgIpc) is 2.88. The van der Waals surface area contributed by atoms with Crippen molar-refractivity contribution in [2.75, 3.05) is 31.9 Å². The van der Waals surface area contributed by atoms with Gasteiger partial charge in [0, 0.05) is 13.1 Å². The molecule has 0 aliphatic carbocycles. The minimum atomic E-state index is 0.216. The molecule has 0 aromatic heterocycles. The number of carbonyl (C=O) groups is 1. The number of hydrogen-bond donors (Lipinski definition) is 0. The molecular formula is C16H22N2OS. The third kappa shape index (κ3) is 3.18. The molecule has 1 unspecified atom stereocenters. The lowest BCUT2D eigenvalue weighted by Crippen LogP contribution is -2.39. The van der Waals surface area contributed by atoms with Crippen LogP contribution in [0.4, 0.5) is 0 Å². The predicted octanol–water partition coefficient (Wildman–Crippen LogP) is 2.75. The third-order valence-corrected chi connectivity index (χ3v) is 5.41. The summed E-state index contributed by atoms with van der Waals surface area (Å²) in [4.78, 5) is 16.7. The molecule has 1 atom stereocenters. The summed E-state index contributed by atoms with van der Waals surface area (Å²) in [5.41, 5.74) is 1.25. The van der Waals surface area contributed by atoms with Gasteiger partial charge in [0.05, 0.1) is 5.75 Å². The number of benzene rings is 1. The molecular weight excluding hydrogens is 268 g/mol. The van der Waals surface area contributed by atoms with Gasteiger partial charge in [-0.3, -0.25) is 4.79 Å². The van der Waals surface area contributed by atoms with Crippen molar-refractivity contribution in [2.24, 2.45) is 0 Å². The minimum absolute atomic E-state index is 0.216. The van der Waals surface area contributed by atoms with Crippen LogP contribution in [0.15, 0.2) is 30.3 Å². The lowest BCUT2D eigenvalue weighted by Gasteiger charge is -2.30. The van der Waals surface area contributed by atoms with E-state index in [0.717, 1.165) is 13.1 Å². The van der Waals surface area contributed by atoms with E-state index in [9.17, 15) is 4.79 Å². The van der Waals surface area contributed by atoms with E-state index in [2.05, 4.69) is 34.1 Å². The van der Waals surface area contributed by atoms with Crippen LogP contribution in [0, 0.1) is 0 Å². The molecule has 0 N–H and O–H groups in total. The van der Waals surface area contributed by atoms with Crippen LogP contribution in [0.2, 0.25) is 0 Å². The van der Waals surface area contributed by atoms with Gasteiger partial charge < -0.3 is 9.80 Å². The summed E-state index contributed by atoms with van der Waals surface area (Å²) in [6.07, 6.45) is 3.98. The van der Waals surface area contributed by atoms with Crippen LogP contribution in [-0.4, -0.2) is 47.6 Å². The summed E-state index contributed by atoms with van der Waals surface area (Å²) in [6, 6.07) is 10.4. The zero-order chi connectivity index (χ0) is 13.8. The molecule has 1 aromatic rings. The highest BCUT2D eigenvalue weighted by molar-refractivity contribution is 8.00. The highest BCUT2D eigenvalue weighted by Crippen LogP contribution is 2.38. The van der Waals surface area contributed by atoms with E-state index in [1.165, 1.54) is 37.9 Å². The Labute approximate surface area is 125 Å². The molecule has 0 radical (unpaired) electrons. The fourth-order valence-electron chi connectivity index (χ4n) is 3.02. The summed E-state index contributed by atoms with van der Waals surface area (Å²) < 4.78 is 0. The molecule has 1 amide bonds. The van der Waals surface area contributed by atoms with Gasteiger partial charge in [-0.15, -0.1) is 11.8 Å². The standard InChI is InChI=1S/C16H22N2OS/c19-15-13-20-16(14-7-3-1-4-8-14)18(15)12-11-17-9-5-2-6-10-17/h1,3-4,7-8,16H,2,5-6,9-13H2. The van der Waals surface area contributed by atoms with Crippen LogP contribution in [0.5, 0.6) is 0 Å². The molecule has 3 nitrogen and oxygen atoms in total. The maximum Gasteiger partial charge on any atom is 0.233 e. The molecule has 0 bridgehead atoms. The summed E-state index contributed by atoms with van der Waals surface area (Å²) >= 11 is 1.76. The second-order valence-electron chi connectivity index (χ2n) is 5.56. The summed E-state index contributed by atoms with van der Waals surface area (Å²) in [5.74, 6) is 0.917. The number of rotatable bonds is 4. The van der Waals surface area contributed by atoms with Crippen molar-refractivity contribution in [3.05, 3.63) is 35.9 Å². The molecule has 2 fully saturated rings. The van der Waals surface area contributed by atoms with Gasteiger partial charge in [-0.1, -0.05) is 36.8 Å². The van der Waals surface area contributed by atoms with Crippen molar-refractivity contribution in [3.63, 3.8) is 0 Å². The molecule has 0 spiro atoms. The maximum absolute atomic E-state index is 12.1. The molecule has 2 aliphatic rings. The average molecular weight is 290 g/mol. The molecule has 1 aromatic carbocycles. The van der Waals surface area contributed by atoms with Crippen LogP contribution in [0.25, 0.3) is 0 Å². The van der Waals surface area contributed by atoms with Crippen molar-refractivity contribution in [3.8, 4) is 0 Å². The fraction of sp³-hybridized carbons (Fsp3) is 0.562. The van der Waals surface area contributed by atoms with Gasteiger partial charge in [0.15, 0.2) is 0 Å². The monoisotopic (exact) mass is 290 g/mol. The van der Waals surface area contributed by atoms with Crippen LogP contribution < -0.4 is 0 Å². The first-order valence-corrected chi connectivity index (χ1v) is 8.58. The quantitative estimate of drug-likeness (QED) is 0.852. The first-order chi connectivity index (χ1) is 9.84. The smallest absolute Gasteiger partial charge is 0.233 e. The van der Waals surface area contributed by atoms with E-state index in [4.69, 9.17) is 0 Å². The number of thioether (sulfide) groups is 1. The first kappa shape index (κ1) is 14.0. The van der Waals surface area contributed by atoms with Crippen LogP contribution in [0.3, 0.4) is 0 Å². The van der Waals surface area contributed by atoms with Gasteiger partial charge in [0.25, 0.3) is 0 Å². The van der Waals surface area contributed by atoms with Crippen LogP contribution in [0.1, 0.15) is 30.2 Å².